The van der Waals surface area contributed by atoms with Crippen molar-refractivity contribution in [1.82, 2.24) is 47.2 Å². The average molecular weight is 795 g/mol. The molecule has 0 aromatic carbocycles. The Hall–Kier alpha value is -5.11. The van der Waals surface area contributed by atoms with Crippen molar-refractivity contribution in [2.24, 2.45) is 23.5 Å². The van der Waals surface area contributed by atoms with Crippen LogP contribution in [0.2, 0.25) is 0 Å². The lowest BCUT2D eigenvalue weighted by molar-refractivity contribution is -0.143. The van der Waals surface area contributed by atoms with Crippen molar-refractivity contribution < 1.29 is 48.6 Å². The molecular formula is C36H62N10O10. The first kappa shape index (κ1) is 48.9. The van der Waals surface area contributed by atoms with Crippen molar-refractivity contribution in [3.8, 4) is 0 Å². The number of H-pyrrole nitrogens is 1. The number of rotatable bonds is 24. The quantitative estimate of drug-likeness (QED) is 0.0539. The summed E-state index contributed by atoms with van der Waals surface area (Å²) in [5.41, 5.74) is 6.54. The van der Waals surface area contributed by atoms with Gasteiger partial charge in [-0.25, -0.2) is 9.78 Å². The number of carbonyl (C=O) groups excluding carboxylic acids is 7. The predicted octanol–water partition coefficient (Wildman–Crippen LogP) is -2.05. The fourth-order valence-electron chi connectivity index (χ4n) is 5.34. The fourth-order valence-corrected chi connectivity index (χ4v) is 5.34. The van der Waals surface area contributed by atoms with Gasteiger partial charge in [-0.15, -0.1) is 0 Å². The van der Waals surface area contributed by atoms with E-state index in [1.165, 1.54) is 33.3 Å². The third-order valence-electron chi connectivity index (χ3n) is 8.80. The SMILES string of the molecule is CC[C@H](C)[C@H](NC(=O)CNC(=O)[C@H](C)NC(=O)[C@H](C)NC(=O)[C@@H](N)Cc1cnc[nH]1)C(=O)N[C@@H](CC(C)C)C(=O)N[C@H](C(=O)N[C@@H](CC(C)C)C(=O)O)[C@@H](C)O. The summed E-state index contributed by atoms with van der Waals surface area (Å²) in [5, 5.41) is 37.2. The number of imidazole rings is 1. The van der Waals surface area contributed by atoms with Crippen LogP contribution in [0.25, 0.3) is 0 Å². The number of carboxylic acid groups (broad SMARTS) is 1. The van der Waals surface area contributed by atoms with Gasteiger partial charge < -0.3 is 58.1 Å². The van der Waals surface area contributed by atoms with E-state index in [0.29, 0.717) is 12.1 Å². The number of nitrogens with one attached hydrogen (secondary N) is 8. The second kappa shape index (κ2) is 23.7. The second-order valence-electron chi connectivity index (χ2n) is 14.9. The van der Waals surface area contributed by atoms with Gasteiger partial charge in [-0.1, -0.05) is 48.0 Å². The summed E-state index contributed by atoms with van der Waals surface area (Å²) in [5.74, 6) is -7.11. The number of aromatic amines is 1. The van der Waals surface area contributed by atoms with Crippen molar-refractivity contribution in [2.75, 3.05) is 6.54 Å². The Kier molecular flexibility index (Phi) is 20.7. The van der Waals surface area contributed by atoms with Crippen molar-refractivity contribution in [3.63, 3.8) is 0 Å². The molecule has 20 nitrogen and oxygen atoms in total. The molecule has 20 heteroatoms. The maximum absolute atomic E-state index is 13.6. The number of aromatic nitrogens is 2. The lowest BCUT2D eigenvalue weighted by Gasteiger charge is -2.29. The van der Waals surface area contributed by atoms with Crippen molar-refractivity contribution in [3.05, 3.63) is 18.2 Å². The topological polar surface area (TPSA) is 316 Å². The highest BCUT2D eigenvalue weighted by Gasteiger charge is 2.35. The van der Waals surface area contributed by atoms with E-state index < -0.39 is 108 Å². The Morgan fingerprint density at radius 2 is 1.23 bits per heavy atom. The molecule has 1 rings (SSSR count). The molecule has 0 aliphatic carbocycles. The molecule has 1 heterocycles. The number of nitrogens with zero attached hydrogens (tertiary/aromatic N) is 1. The van der Waals surface area contributed by atoms with Crippen LogP contribution in [0.1, 0.15) is 87.3 Å². The largest absolute Gasteiger partial charge is 0.480 e. The summed E-state index contributed by atoms with van der Waals surface area (Å²) in [4.78, 5) is 109. The zero-order chi connectivity index (χ0) is 42.9. The van der Waals surface area contributed by atoms with E-state index in [9.17, 15) is 48.6 Å². The van der Waals surface area contributed by atoms with Gasteiger partial charge in [-0.2, -0.15) is 0 Å². The molecule has 0 bridgehead atoms. The van der Waals surface area contributed by atoms with Gasteiger partial charge in [0.25, 0.3) is 0 Å². The first-order chi connectivity index (χ1) is 26.1. The Balaban J connectivity index is 2.89. The highest BCUT2D eigenvalue weighted by atomic mass is 16.4. The van der Waals surface area contributed by atoms with Crippen LogP contribution < -0.4 is 43.0 Å². The van der Waals surface area contributed by atoms with Crippen LogP contribution in [0.5, 0.6) is 0 Å². The highest BCUT2D eigenvalue weighted by Crippen LogP contribution is 2.12. The minimum atomic E-state index is -1.54. The predicted molar refractivity (Wildman–Crippen MR) is 204 cm³/mol. The summed E-state index contributed by atoms with van der Waals surface area (Å²) in [6.07, 6.45) is 2.36. The van der Waals surface area contributed by atoms with Crippen LogP contribution in [0.3, 0.4) is 0 Å². The summed E-state index contributed by atoms with van der Waals surface area (Å²) >= 11 is 0. The van der Waals surface area contributed by atoms with E-state index in [-0.39, 0.29) is 31.1 Å². The zero-order valence-electron chi connectivity index (χ0n) is 33.7. The number of carbonyl (C=O) groups is 8. The number of hydrogen-bond acceptors (Lipinski definition) is 11. The molecule has 0 saturated heterocycles. The third kappa shape index (κ3) is 17.1. The molecule has 1 aromatic heterocycles. The summed E-state index contributed by atoms with van der Waals surface area (Å²) < 4.78 is 0. The number of amides is 7. The van der Waals surface area contributed by atoms with Crippen molar-refractivity contribution in [2.45, 2.75) is 136 Å². The van der Waals surface area contributed by atoms with E-state index in [0.717, 1.165) is 0 Å². The van der Waals surface area contributed by atoms with E-state index in [1.54, 1.807) is 41.5 Å². The molecule has 12 N–H and O–H groups in total. The Labute approximate surface area is 327 Å². The van der Waals surface area contributed by atoms with Gasteiger partial charge in [0.2, 0.25) is 41.4 Å². The lowest BCUT2D eigenvalue weighted by Crippen LogP contribution is -2.61. The first-order valence-corrected chi connectivity index (χ1v) is 18.8. The number of aliphatic carboxylic acids is 1. The second-order valence-corrected chi connectivity index (χ2v) is 14.9. The summed E-state index contributed by atoms with van der Waals surface area (Å²) in [6, 6.07) is -8.28. The van der Waals surface area contributed by atoms with Crippen LogP contribution in [0, 0.1) is 17.8 Å². The average Bonchev–Trinajstić information content (AvgIpc) is 3.62. The number of nitrogens with two attached hydrogens (primary N) is 1. The molecule has 56 heavy (non-hydrogen) atoms. The van der Waals surface area contributed by atoms with Gasteiger partial charge in [-0.05, 0) is 51.4 Å². The van der Waals surface area contributed by atoms with Crippen molar-refractivity contribution in [1.29, 1.82) is 0 Å². The highest BCUT2D eigenvalue weighted by molar-refractivity contribution is 5.96. The minimum absolute atomic E-state index is 0.0750. The maximum atomic E-state index is 13.6. The zero-order valence-corrected chi connectivity index (χ0v) is 33.7. The number of hydrogen-bond donors (Lipinski definition) is 11. The molecule has 0 aliphatic heterocycles. The molecule has 316 valence electrons. The van der Waals surface area contributed by atoms with E-state index >= 15 is 0 Å². The molecule has 1 aromatic rings. The maximum Gasteiger partial charge on any atom is 0.326 e. The molecule has 0 fully saturated rings. The van der Waals surface area contributed by atoms with Gasteiger partial charge >= 0.3 is 5.97 Å². The first-order valence-electron chi connectivity index (χ1n) is 18.8. The van der Waals surface area contributed by atoms with Gasteiger partial charge in [0, 0.05) is 18.3 Å². The standard InChI is InChI=1S/C36H62N10O10/c1-10-19(6)28(34(53)43-25(11-17(2)3)33(52)46-29(22(9)47)35(54)44-26(36(55)56)12-18(4)5)45-27(48)15-39-30(49)20(7)41-31(50)21(8)42-32(51)24(37)13-23-14-38-16-40-23/h14,16-22,24-26,28-29,47H,10-13,15,37H2,1-9H3,(H,38,40)(H,39,49)(H,41,50)(H,42,51)(H,43,53)(H,44,54)(H,45,48)(H,46,52)(H,55,56)/t19-,20-,21-,22+,24-,25-,26-,28-,29-/m0/s1. The van der Waals surface area contributed by atoms with Crippen LogP contribution >= 0.6 is 0 Å². The molecular weight excluding hydrogens is 732 g/mol. The van der Waals surface area contributed by atoms with Crippen LogP contribution in [-0.2, 0) is 44.8 Å². The molecule has 0 radical (unpaired) electrons. The summed E-state index contributed by atoms with van der Waals surface area (Å²) in [6.45, 7) is 14.1. The molecule has 0 spiro atoms. The normalized spacial score (nSPS) is 16.1. The Bertz CT molecular complexity index is 1490. The smallest absolute Gasteiger partial charge is 0.326 e. The van der Waals surface area contributed by atoms with Gasteiger partial charge in [0.15, 0.2) is 0 Å². The van der Waals surface area contributed by atoms with Gasteiger partial charge in [0.05, 0.1) is 25.0 Å². The molecule has 7 amide bonds. The number of aliphatic hydroxyl groups excluding tert-OH is 1. The van der Waals surface area contributed by atoms with Crippen molar-refractivity contribution >= 4 is 47.3 Å². The molecule has 0 saturated carbocycles. The van der Waals surface area contributed by atoms with Gasteiger partial charge in [0.1, 0.15) is 36.3 Å². The number of aliphatic hydroxyl groups is 1. The summed E-state index contributed by atoms with van der Waals surface area (Å²) in [7, 11) is 0. The Morgan fingerprint density at radius 3 is 1.75 bits per heavy atom. The number of carboxylic acids is 1. The minimum Gasteiger partial charge on any atom is -0.480 e. The fraction of sp³-hybridized carbons (Fsp3) is 0.694. The van der Waals surface area contributed by atoms with E-state index in [1.807, 2.05) is 0 Å². The van der Waals surface area contributed by atoms with Crippen LogP contribution in [-0.4, -0.2) is 122 Å². The molecule has 9 atom stereocenters. The third-order valence-corrected chi connectivity index (χ3v) is 8.80. The van der Waals surface area contributed by atoms with E-state index in [4.69, 9.17) is 5.73 Å². The van der Waals surface area contributed by atoms with E-state index in [2.05, 4.69) is 47.2 Å². The van der Waals surface area contributed by atoms with Crippen LogP contribution in [0.4, 0.5) is 0 Å². The molecule has 0 unspecified atom stereocenters. The van der Waals surface area contributed by atoms with Crippen LogP contribution in [0.15, 0.2) is 12.5 Å². The molecule has 0 aliphatic rings. The lowest BCUT2D eigenvalue weighted by atomic mass is 9.96. The monoisotopic (exact) mass is 794 g/mol. The Morgan fingerprint density at radius 1 is 0.696 bits per heavy atom. The van der Waals surface area contributed by atoms with Gasteiger partial charge in [-0.3, -0.25) is 33.6 Å².